The lowest BCUT2D eigenvalue weighted by Gasteiger charge is -2.21. The molecule has 1 unspecified atom stereocenters. The number of thiol groups is 1. The summed E-state index contributed by atoms with van der Waals surface area (Å²) in [7, 11) is 0. The number of nitrogens with two attached hydrogens (primary N) is 1. The highest BCUT2D eigenvalue weighted by molar-refractivity contribution is 7.81. The fourth-order valence-corrected chi connectivity index (χ4v) is 2.43. The van der Waals surface area contributed by atoms with Crippen molar-refractivity contribution in [1.29, 1.82) is 0 Å². The van der Waals surface area contributed by atoms with Crippen molar-refractivity contribution in [2.75, 3.05) is 22.5 Å². The van der Waals surface area contributed by atoms with E-state index in [0.717, 1.165) is 13.0 Å². The van der Waals surface area contributed by atoms with Gasteiger partial charge in [0.15, 0.2) is 5.82 Å². The van der Waals surface area contributed by atoms with E-state index in [4.69, 9.17) is 5.73 Å². The molecule has 0 aromatic carbocycles. The summed E-state index contributed by atoms with van der Waals surface area (Å²) in [5, 5.41) is 3.01. The molecule has 1 aromatic rings. The molecule has 0 fully saturated rings. The summed E-state index contributed by atoms with van der Waals surface area (Å²) in [5.41, 5.74) is 5.57. The number of nitrogen functional groups attached to an aromatic ring is 1. The van der Waals surface area contributed by atoms with E-state index in [9.17, 15) is 4.79 Å². The first-order valence-corrected chi connectivity index (χ1v) is 6.76. The van der Waals surface area contributed by atoms with Gasteiger partial charge in [-0.1, -0.05) is 26.2 Å². The zero-order valence-electron chi connectivity index (χ0n) is 10.4. The number of H-pyrrole nitrogens is 1. The fourth-order valence-electron chi connectivity index (χ4n) is 2.08. The van der Waals surface area contributed by atoms with E-state index in [-0.39, 0.29) is 17.0 Å². The predicted octanol–water partition coefficient (Wildman–Crippen LogP) is 1.38. The number of hydrogen-bond donors (Lipinski definition) is 4. The van der Waals surface area contributed by atoms with Gasteiger partial charge in [-0.25, -0.2) is 0 Å². The van der Waals surface area contributed by atoms with Crippen molar-refractivity contribution in [3.8, 4) is 0 Å². The molecule has 0 saturated heterocycles. The Morgan fingerprint density at radius 1 is 1.44 bits per heavy atom. The number of hydrogen-bond acceptors (Lipinski definition) is 6. The first-order valence-electron chi connectivity index (χ1n) is 6.24. The zero-order valence-corrected chi connectivity index (χ0v) is 11.3. The lowest BCUT2D eigenvalue weighted by molar-refractivity contribution is 0.647. The van der Waals surface area contributed by atoms with E-state index in [1.54, 1.807) is 0 Å². The number of anilines is 3. The predicted molar refractivity (Wildman–Crippen MR) is 77.2 cm³/mol. The molecule has 100 valence electrons. The third-order valence-corrected chi connectivity index (χ3v) is 3.42. The highest BCUT2D eigenvalue weighted by atomic mass is 32.1. The Balaban J connectivity index is 2.12. The van der Waals surface area contributed by atoms with Gasteiger partial charge < -0.3 is 16.0 Å². The summed E-state index contributed by atoms with van der Waals surface area (Å²) in [6.45, 7) is 3.00. The third kappa shape index (κ3) is 2.55. The first-order chi connectivity index (χ1) is 8.63. The molecule has 4 N–H and O–H groups in total. The molecule has 0 spiro atoms. The molecule has 2 heterocycles. The molecular formula is C11H19N5OS. The van der Waals surface area contributed by atoms with Gasteiger partial charge in [-0.15, -0.1) is 12.6 Å². The Labute approximate surface area is 111 Å². The maximum absolute atomic E-state index is 11.7. The minimum absolute atomic E-state index is 0.140. The summed E-state index contributed by atoms with van der Waals surface area (Å²) in [6.07, 6.45) is 4.64. The lowest BCUT2D eigenvalue weighted by Crippen LogP contribution is -2.32. The summed E-state index contributed by atoms with van der Waals surface area (Å²) in [6, 6.07) is 0. The van der Waals surface area contributed by atoms with Crippen LogP contribution in [0, 0.1) is 0 Å². The van der Waals surface area contributed by atoms with Gasteiger partial charge in [-0.3, -0.25) is 9.78 Å². The molecule has 0 saturated carbocycles. The van der Waals surface area contributed by atoms with Gasteiger partial charge in [0, 0.05) is 6.54 Å². The van der Waals surface area contributed by atoms with Crippen LogP contribution in [0.1, 0.15) is 32.6 Å². The second-order valence-electron chi connectivity index (χ2n) is 4.42. The van der Waals surface area contributed by atoms with Crippen molar-refractivity contribution in [1.82, 2.24) is 9.97 Å². The van der Waals surface area contributed by atoms with Crippen molar-refractivity contribution in [3.63, 3.8) is 0 Å². The van der Waals surface area contributed by atoms with Gasteiger partial charge in [0.05, 0.1) is 0 Å². The molecule has 0 bridgehead atoms. The average molecular weight is 269 g/mol. The fraction of sp³-hybridized carbons (Fsp3) is 0.636. The Bertz CT molecular complexity index is 475. The Hall–Kier alpha value is -1.37. The maximum Gasteiger partial charge on any atom is 0.277 e. The van der Waals surface area contributed by atoms with Crippen molar-refractivity contribution >= 4 is 30.1 Å². The Morgan fingerprint density at radius 2 is 2.22 bits per heavy atom. The van der Waals surface area contributed by atoms with Crippen molar-refractivity contribution in [3.05, 3.63) is 10.4 Å². The van der Waals surface area contributed by atoms with Crippen LogP contribution in [0.25, 0.3) is 0 Å². The van der Waals surface area contributed by atoms with Crippen LogP contribution in [-0.4, -0.2) is 22.0 Å². The standard InChI is InChI=1S/C11H19N5OS/c1-2-3-4-5-6-16-8-7(13-11(16)18)9(17)15-10(12)14-8/h11,13,18H,2-6H2,1H3,(H3,12,14,15,17). The van der Waals surface area contributed by atoms with Gasteiger partial charge in [-0.2, -0.15) is 4.98 Å². The van der Waals surface area contributed by atoms with Crippen molar-refractivity contribution in [2.24, 2.45) is 0 Å². The molecule has 1 atom stereocenters. The van der Waals surface area contributed by atoms with Gasteiger partial charge in [0.2, 0.25) is 5.95 Å². The first kappa shape index (κ1) is 13.1. The summed E-state index contributed by atoms with van der Waals surface area (Å²) in [4.78, 5) is 20.3. The molecular weight excluding hydrogens is 250 g/mol. The van der Waals surface area contributed by atoms with Gasteiger partial charge in [0.1, 0.15) is 11.2 Å². The summed E-state index contributed by atoms with van der Waals surface area (Å²) in [5.74, 6) is 0.745. The van der Waals surface area contributed by atoms with Crippen LogP contribution < -0.4 is 21.5 Å². The second kappa shape index (κ2) is 5.51. The van der Waals surface area contributed by atoms with Crippen LogP contribution in [0.2, 0.25) is 0 Å². The monoisotopic (exact) mass is 269 g/mol. The Morgan fingerprint density at radius 3 is 2.94 bits per heavy atom. The summed E-state index contributed by atoms with van der Waals surface area (Å²) < 4.78 is 0. The largest absolute Gasteiger partial charge is 0.369 e. The lowest BCUT2D eigenvalue weighted by atomic mass is 10.2. The van der Waals surface area contributed by atoms with E-state index in [1.807, 2.05) is 4.90 Å². The number of fused-ring (bicyclic) bond motifs is 1. The number of unbranched alkanes of at least 4 members (excludes halogenated alkanes) is 3. The Kier molecular flexibility index (Phi) is 4.00. The average Bonchev–Trinajstić information content (AvgIpc) is 2.62. The minimum Gasteiger partial charge on any atom is -0.369 e. The highest BCUT2D eigenvalue weighted by Crippen LogP contribution is 2.31. The van der Waals surface area contributed by atoms with Gasteiger partial charge >= 0.3 is 0 Å². The van der Waals surface area contributed by atoms with Crippen LogP contribution in [-0.2, 0) is 0 Å². The van der Waals surface area contributed by atoms with E-state index in [1.165, 1.54) is 19.3 Å². The maximum atomic E-state index is 11.7. The molecule has 1 aliphatic rings. The van der Waals surface area contributed by atoms with Gasteiger partial charge in [0.25, 0.3) is 5.56 Å². The number of rotatable bonds is 5. The summed E-state index contributed by atoms with van der Waals surface area (Å²) >= 11 is 4.42. The second-order valence-corrected chi connectivity index (χ2v) is 4.91. The quantitative estimate of drug-likeness (QED) is 0.479. The molecule has 0 amide bonds. The molecule has 18 heavy (non-hydrogen) atoms. The molecule has 7 heteroatoms. The molecule has 0 aliphatic carbocycles. The number of nitrogens with zero attached hydrogens (tertiary/aromatic N) is 2. The van der Waals surface area contributed by atoms with Crippen molar-refractivity contribution in [2.45, 2.75) is 38.1 Å². The molecule has 0 radical (unpaired) electrons. The highest BCUT2D eigenvalue weighted by Gasteiger charge is 2.29. The zero-order chi connectivity index (χ0) is 13.1. The molecule has 2 rings (SSSR count). The van der Waals surface area contributed by atoms with Crippen LogP contribution in [0.4, 0.5) is 17.5 Å². The van der Waals surface area contributed by atoms with E-state index < -0.39 is 0 Å². The number of nitrogens with one attached hydrogen (secondary N) is 2. The molecule has 1 aromatic heterocycles. The topological polar surface area (TPSA) is 87.0 Å². The number of aromatic nitrogens is 2. The van der Waals surface area contributed by atoms with E-state index >= 15 is 0 Å². The number of aromatic amines is 1. The third-order valence-electron chi connectivity index (χ3n) is 3.01. The van der Waals surface area contributed by atoms with E-state index in [2.05, 4.69) is 34.8 Å². The van der Waals surface area contributed by atoms with Crippen LogP contribution in [0.5, 0.6) is 0 Å². The SMILES string of the molecule is CCCCCCN1c2nc(N)[nH]c(=O)c2NC1S. The smallest absolute Gasteiger partial charge is 0.277 e. The van der Waals surface area contributed by atoms with Crippen LogP contribution in [0.3, 0.4) is 0 Å². The van der Waals surface area contributed by atoms with Crippen molar-refractivity contribution < 1.29 is 0 Å². The van der Waals surface area contributed by atoms with Crippen LogP contribution in [0.15, 0.2) is 4.79 Å². The van der Waals surface area contributed by atoms with Crippen LogP contribution >= 0.6 is 12.6 Å². The normalized spacial score (nSPS) is 17.7. The minimum atomic E-state index is -0.243. The van der Waals surface area contributed by atoms with E-state index in [0.29, 0.717) is 11.5 Å². The molecule has 1 aliphatic heterocycles. The van der Waals surface area contributed by atoms with Gasteiger partial charge in [-0.05, 0) is 6.42 Å². The molecule has 6 nitrogen and oxygen atoms in total.